The molecule has 5 nitrogen and oxygen atoms in total. The highest BCUT2D eigenvalue weighted by molar-refractivity contribution is 5.37. The number of halogens is 1. The molecule has 0 spiro atoms. The van der Waals surface area contributed by atoms with Crippen LogP contribution in [0.3, 0.4) is 0 Å². The van der Waals surface area contributed by atoms with Gasteiger partial charge in [0.2, 0.25) is 0 Å². The largest absolute Gasteiger partial charge is 0.488 e. The summed E-state index contributed by atoms with van der Waals surface area (Å²) in [6.07, 6.45) is 4.31. The van der Waals surface area contributed by atoms with Crippen molar-refractivity contribution < 1.29 is 9.13 Å². The second kappa shape index (κ2) is 5.36. The average molecular weight is 262 g/mol. The maximum Gasteiger partial charge on any atom is 0.123 e. The Labute approximate surface area is 110 Å². The summed E-state index contributed by atoms with van der Waals surface area (Å²) < 4.78 is 20.6. The zero-order valence-electron chi connectivity index (χ0n) is 10.4. The smallest absolute Gasteiger partial charge is 0.123 e. The Hall–Kier alpha value is -1.95. The van der Waals surface area contributed by atoms with E-state index >= 15 is 0 Å². The van der Waals surface area contributed by atoms with Crippen LogP contribution >= 0.6 is 0 Å². The first kappa shape index (κ1) is 12.1. The predicted molar refractivity (Wildman–Crippen MR) is 67.4 cm³/mol. The number of hydrogen-bond acceptors (Lipinski definition) is 4. The van der Waals surface area contributed by atoms with E-state index in [4.69, 9.17) is 4.74 Å². The third-order valence-corrected chi connectivity index (χ3v) is 3.13. The Morgan fingerprint density at radius 1 is 1.47 bits per heavy atom. The molecule has 0 bridgehead atoms. The minimum Gasteiger partial charge on any atom is -0.488 e. The van der Waals surface area contributed by atoms with Gasteiger partial charge in [0.05, 0.1) is 12.7 Å². The van der Waals surface area contributed by atoms with Gasteiger partial charge in [0.25, 0.3) is 0 Å². The van der Waals surface area contributed by atoms with E-state index in [2.05, 4.69) is 15.6 Å². The van der Waals surface area contributed by atoms with Crippen LogP contribution in [0.15, 0.2) is 30.6 Å². The molecule has 100 valence electrons. The van der Waals surface area contributed by atoms with E-state index in [-0.39, 0.29) is 11.9 Å². The van der Waals surface area contributed by atoms with Crippen molar-refractivity contribution in [3.8, 4) is 5.75 Å². The maximum absolute atomic E-state index is 13.1. The van der Waals surface area contributed by atoms with Crippen LogP contribution in [0.1, 0.15) is 5.56 Å². The zero-order valence-corrected chi connectivity index (χ0v) is 10.4. The molecule has 3 rings (SSSR count). The SMILES string of the molecule is Fc1ccc2c(c1)CC(CNCCn1ccnn1)O2. The van der Waals surface area contributed by atoms with E-state index < -0.39 is 0 Å². The molecule has 1 unspecified atom stereocenters. The van der Waals surface area contributed by atoms with E-state index in [0.29, 0.717) is 0 Å². The van der Waals surface area contributed by atoms with Crippen molar-refractivity contribution in [2.24, 2.45) is 0 Å². The molecule has 1 aromatic carbocycles. The number of benzene rings is 1. The molecule has 2 heterocycles. The van der Waals surface area contributed by atoms with Gasteiger partial charge in [0.15, 0.2) is 0 Å². The molecule has 6 heteroatoms. The fourth-order valence-electron chi connectivity index (χ4n) is 2.21. The molecule has 1 aliphatic rings. The van der Waals surface area contributed by atoms with Crippen LogP contribution in [0.5, 0.6) is 5.75 Å². The summed E-state index contributed by atoms with van der Waals surface area (Å²) in [6.45, 7) is 2.31. The molecular formula is C13H15FN4O. The molecule has 0 radical (unpaired) electrons. The summed E-state index contributed by atoms with van der Waals surface area (Å²) in [7, 11) is 0. The number of fused-ring (bicyclic) bond motifs is 1. The van der Waals surface area contributed by atoms with Crippen LogP contribution in [-0.2, 0) is 13.0 Å². The van der Waals surface area contributed by atoms with Gasteiger partial charge in [-0.15, -0.1) is 5.10 Å². The minimum atomic E-state index is -0.206. The number of rotatable bonds is 5. The number of nitrogens with zero attached hydrogens (tertiary/aromatic N) is 3. The Morgan fingerprint density at radius 3 is 3.26 bits per heavy atom. The van der Waals surface area contributed by atoms with E-state index in [1.807, 2.05) is 6.20 Å². The molecule has 0 aliphatic carbocycles. The van der Waals surface area contributed by atoms with Crippen molar-refractivity contribution in [2.45, 2.75) is 19.1 Å². The Bertz CT molecular complexity index is 544. The fraction of sp³-hybridized carbons (Fsp3) is 0.385. The fourth-order valence-corrected chi connectivity index (χ4v) is 2.21. The van der Waals surface area contributed by atoms with Crippen molar-refractivity contribution in [3.63, 3.8) is 0 Å². The molecule has 19 heavy (non-hydrogen) atoms. The molecule has 1 atom stereocenters. The third kappa shape index (κ3) is 2.90. The highest BCUT2D eigenvalue weighted by Crippen LogP contribution is 2.28. The van der Waals surface area contributed by atoms with Gasteiger partial charge >= 0.3 is 0 Å². The van der Waals surface area contributed by atoms with Gasteiger partial charge in [-0.05, 0) is 18.2 Å². The molecule has 0 saturated carbocycles. The molecule has 1 aliphatic heterocycles. The van der Waals surface area contributed by atoms with Crippen molar-refractivity contribution in [2.75, 3.05) is 13.1 Å². The lowest BCUT2D eigenvalue weighted by atomic mass is 10.1. The third-order valence-electron chi connectivity index (χ3n) is 3.13. The lowest BCUT2D eigenvalue weighted by Crippen LogP contribution is -2.32. The van der Waals surface area contributed by atoms with Crippen LogP contribution < -0.4 is 10.1 Å². The molecule has 2 aromatic rings. The molecule has 0 amide bonds. The van der Waals surface area contributed by atoms with E-state index in [0.717, 1.165) is 37.4 Å². The minimum absolute atomic E-state index is 0.0764. The van der Waals surface area contributed by atoms with Crippen molar-refractivity contribution in [1.82, 2.24) is 20.3 Å². The van der Waals surface area contributed by atoms with Gasteiger partial charge in [0.1, 0.15) is 17.7 Å². The van der Waals surface area contributed by atoms with Gasteiger partial charge in [-0.3, -0.25) is 4.68 Å². The highest BCUT2D eigenvalue weighted by atomic mass is 19.1. The summed E-state index contributed by atoms with van der Waals surface area (Å²) in [4.78, 5) is 0. The Kier molecular flexibility index (Phi) is 3.41. The summed E-state index contributed by atoms with van der Waals surface area (Å²) in [5.41, 5.74) is 0.947. The second-order valence-electron chi connectivity index (χ2n) is 4.57. The molecule has 0 saturated heterocycles. The number of nitrogens with one attached hydrogen (secondary N) is 1. The van der Waals surface area contributed by atoms with Crippen molar-refractivity contribution >= 4 is 0 Å². The highest BCUT2D eigenvalue weighted by Gasteiger charge is 2.22. The van der Waals surface area contributed by atoms with Gasteiger partial charge in [-0.25, -0.2) is 4.39 Å². The molecule has 0 fully saturated rings. The normalized spacial score (nSPS) is 17.2. The first-order valence-electron chi connectivity index (χ1n) is 6.31. The second-order valence-corrected chi connectivity index (χ2v) is 4.57. The summed E-state index contributed by atoms with van der Waals surface area (Å²) in [5, 5.41) is 10.9. The predicted octanol–water partition coefficient (Wildman–Crippen LogP) is 1.01. The summed E-state index contributed by atoms with van der Waals surface area (Å²) >= 11 is 0. The Balaban J connectivity index is 1.43. The number of aromatic nitrogens is 3. The van der Waals surface area contributed by atoms with E-state index in [1.165, 1.54) is 6.07 Å². The van der Waals surface area contributed by atoms with Gasteiger partial charge in [-0.1, -0.05) is 5.21 Å². The first-order valence-corrected chi connectivity index (χ1v) is 6.31. The molecule has 1 aromatic heterocycles. The van der Waals surface area contributed by atoms with Crippen LogP contribution in [0, 0.1) is 5.82 Å². The van der Waals surface area contributed by atoms with Gasteiger partial charge in [-0.2, -0.15) is 0 Å². The maximum atomic E-state index is 13.1. The lowest BCUT2D eigenvalue weighted by Gasteiger charge is -2.11. The Morgan fingerprint density at radius 2 is 2.42 bits per heavy atom. The molecule has 1 N–H and O–H groups in total. The van der Waals surface area contributed by atoms with E-state index in [9.17, 15) is 4.39 Å². The van der Waals surface area contributed by atoms with Crippen molar-refractivity contribution in [3.05, 3.63) is 42.0 Å². The number of ether oxygens (including phenoxy) is 1. The van der Waals surface area contributed by atoms with Crippen LogP contribution in [0.25, 0.3) is 0 Å². The topological polar surface area (TPSA) is 52.0 Å². The quantitative estimate of drug-likeness (QED) is 0.817. The van der Waals surface area contributed by atoms with Crippen molar-refractivity contribution in [1.29, 1.82) is 0 Å². The van der Waals surface area contributed by atoms with Gasteiger partial charge < -0.3 is 10.1 Å². The summed E-state index contributed by atoms with van der Waals surface area (Å²) in [6, 6.07) is 4.67. The number of hydrogen-bond donors (Lipinski definition) is 1. The lowest BCUT2D eigenvalue weighted by molar-refractivity contribution is 0.227. The monoisotopic (exact) mass is 262 g/mol. The summed E-state index contributed by atoms with van der Waals surface area (Å²) in [5.74, 6) is 0.589. The van der Waals surface area contributed by atoms with Gasteiger partial charge in [0, 0.05) is 31.3 Å². The van der Waals surface area contributed by atoms with E-state index in [1.54, 1.807) is 23.0 Å². The first-order chi connectivity index (χ1) is 9.31. The zero-order chi connectivity index (χ0) is 13.1. The average Bonchev–Trinajstić information content (AvgIpc) is 3.02. The van der Waals surface area contributed by atoms with Crippen LogP contribution in [0.4, 0.5) is 4.39 Å². The standard InChI is InChI=1S/C13H15FN4O/c14-11-1-2-13-10(7-11)8-12(19-13)9-15-3-5-18-6-4-16-17-18/h1-2,4,6-7,12,15H,3,5,8-9H2. The van der Waals surface area contributed by atoms with Crippen LogP contribution in [-0.4, -0.2) is 34.2 Å². The molecular weight excluding hydrogens is 247 g/mol. The van der Waals surface area contributed by atoms with Crippen LogP contribution in [0.2, 0.25) is 0 Å².